The van der Waals surface area contributed by atoms with Gasteiger partial charge in [0.25, 0.3) is 0 Å². The number of fused-ring (bicyclic) bond motifs is 3. The van der Waals surface area contributed by atoms with Crippen LogP contribution in [0.2, 0.25) is 0 Å². The summed E-state index contributed by atoms with van der Waals surface area (Å²) in [5, 5.41) is 5.36. The van der Waals surface area contributed by atoms with Gasteiger partial charge in [0.15, 0.2) is 0 Å². The molecule has 0 amide bonds. The maximum absolute atomic E-state index is 2.45. The van der Waals surface area contributed by atoms with Crippen LogP contribution in [0.4, 0.5) is 0 Å². The number of benzene rings is 4. The molecule has 1 heteroatoms. The predicted octanol–water partition coefficient (Wildman–Crippen LogP) is 12.3. The van der Waals surface area contributed by atoms with Gasteiger partial charge in [0, 0.05) is 0 Å². The van der Waals surface area contributed by atoms with Crippen LogP contribution in [-0.4, -0.2) is 3.21 Å². The van der Waals surface area contributed by atoms with Crippen molar-refractivity contribution in [3.8, 4) is 22.3 Å². The van der Waals surface area contributed by atoms with Crippen molar-refractivity contribution < 1.29 is 24.2 Å². The molecule has 6 aromatic carbocycles. The van der Waals surface area contributed by atoms with Gasteiger partial charge >= 0.3 is 53.1 Å². The standard InChI is InChI=1S/C33H33.C5H8.C5H5.Zr/c1-32(2,3)30-20-26-24(18-28(30)22-13-9-7-10-14-22)17-25-19-29(23-15-11-8-12-16-23)31(21-27(25)26)33(4,5)6;2*1-2-4-5-3-1;/h7-21H,1-6H3;1-4H2;1-5H;/q-1;;-1;+2. The summed E-state index contributed by atoms with van der Waals surface area (Å²) in [5.41, 5.74) is 8.16. The van der Waals surface area contributed by atoms with Crippen molar-refractivity contribution in [2.75, 3.05) is 0 Å². The van der Waals surface area contributed by atoms with Crippen LogP contribution >= 0.6 is 0 Å². The van der Waals surface area contributed by atoms with Crippen molar-refractivity contribution in [2.24, 2.45) is 0 Å². The molecule has 0 aliphatic heterocycles. The minimum absolute atomic E-state index is 0.0554. The Morgan fingerprint density at radius 1 is 0.545 bits per heavy atom. The Kier molecular flexibility index (Phi) is 10.2. The van der Waals surface area contributed by atoms with Gasteiger partial charge in [0.2, 0.25) is 0 Å². The van der Waals surface area contributed by atoms with Gasteiger partial charge in [-0.1, -0.05) is 114 Å². The van der Waals surface area contributed by atoms with Crippen LogP contribution in [0.3, 0.4) is 0 Å². The van der Waals surface area contributed by atoms with Crippen molar-refractivity contribution in [3.63, 3.8) is 0 Å². The molecule has 0 unspecified atom stereocenters. The first-order valence-electron chi connectivity index (χ1n) is 16.1. The molecule has 1 fully saturated rings. The summed E-state index contributed by atoms with van der Waals surface area (Å²) in [5.74, 6) is 0. The summed E-state index contributed by atoms with van der Waals surface area (Å²) in [6.07, 6.45) is 5.83. The second-order valence-corrected chi connectivity index (χ2v) is 15.9. The summed E-state index contributed by atoms with van der Waals surface area (Å²) in [6, 6.07) is 43.7. The second-order valence-electron chi connectivity index (χ2n) is 14.1. The zero-order valence-electron chi connectivity index (χ0n) is 27.4. The third kappa shape index (κ3) is 7.73. The summed E-state index contributed by atoms with van der Waals surface area (Å²) in [7, 11) is 0. The van der Waals surface area contributed by atoms with Crippen molar-refractivity contribution in [1.29, 1.82) is 0 Å². The van der Waals surface area contributed by atoms with E-state index in [0.29, 0.717) is 0 Å². The predicted molar refractivity (Wildman–Crippen MR) is 191 cm³/mol. The summed E-state index contributed by atoms with van der Waals surface area (Å²) < 4.78 is 1.79. The van der Waals surface area contributed by atoms with E-state index in [1.165, 1.54) is 80.6 Å². The first-order valence-corrected chi connectivity index (χ1v) is 17.3. The molecule has 6 aromatic rings. The Morgan fingerprint density at radius 3 is 1.25 bits per heavy atom. The fraction of sp³-hybridized carbons (Fsp3) is 0.279. The first kappa shape index (κ1) is 32.3. The fourth-order valence-corrected chi connectivity index (χ4v) is 7.05. The summed E-state index contributed by atoms with van der Waals surface area (Å²) in [6.45, 7) is 13.9. The van der Waals surface area contributed by atoms with Crippen molar-refractivity contribution in [3.05, 3.63) is 132 Å². The number of rotatable bonds is 2. The molecular formula is C43H46Zr. The molecule has 0 atom stereocenters. The van der Waals surface area contributed by atoms with Crippen LogP contribution in [0.1, 0.15) is 78.4 Å². The van der Waals surface area contributed by atoms with Crippen molar-refractivity contribution in [2.45, 2.75) is 78.1 Å². The average molecular weight is 654 g/mol. The van der Waals surface area contributed by atoms with Crippen LogP contribution in [0.5, 0.6) is 0 Å². The maximum atomic E-state index is 2.45. The largest absolute Gasteiger partial charge is 0.214 e. The first-order chi connectivity index (χ1) is 21.0. The fourth-order valence-electron chi connectivity index (χ4n) is 6.18. The number of hydrogen-bond donors (Lipinski definition) is 0. The SMILES string of the molecule is CC(C)(C)c1cc2c(cc1-c1ccccc1)[cH-]c1cc(-c3ccccc3)c(C(C)(C)C)cc12.[Zr+2]=[C]1CCCC1.c1cc[cH-]c1. The topological polar surface area (TPSA) is 0 Å². The van der Waals surface area contributed by atoms with E-state index in [0.717, 1.165) is 0 Å². The Morgan fingerprint density at radius 2 is 0.955 bits per heavy atom. The Bertz CT molecular complexity index is 1660. The van der Waals surface area contributed by atoms with Gasteiger partial charge in [0.1, 0.15) is 0 Å². The van der Waals surface area contributed by atoms with Gasteiger partial charge in [-0.15, -0.1) is 39.7 Å². The van der Waals surface area contributed by atoms with E-state index in [2.05, 4.69) is 133 Å². The minimum Gasteiger partial charge on any atom is -0.214 e. The van der Waals surface area contributed by atoms with E-state index in [1.54, 1.807) is 27.4 Å². The van der Waals surface area contributed by atoms with Gasteiger partial charge in [-0.05, 0) is 44.2 Å². The summed E-state index contributed by atoms with van der Waals surface area (Å²) in [4.78, 5) is 0. The van der Waals surface area contributed by atoms with Crippen molar-refractivity contribution in [1.82, 2.24) is 0 Å². The molecule has 0 spiro atoms. The van der Waals surface area contributed by atoms with Crippen molar-refractivity contribution >= 4 is 24.8 Å². The molecule has 0 bridgehead atoms. The van der Waals surface area contributed by atoms with E-state index in [-0.39, 0.29) is 10.8 Å². The zero-order chi connectivity index (χ0) is 31.3. The molecule has 0 N–H and O–H groups in total. The molecular weight excluding hydrogens is 608 g/mol. The van der Waals surface area contributed by atoms with Gasteiger partial charge in [-0.25, -0.2) is 12.1 Å². The Balaban J connectivity index is 0.000000292. The average Bonchev–Trinajstić information content (AvgIpc) is 3.79. The number of hydrogen-bond acceptors (Lipinski definition) is 0. The molecule has 0 aromatic heterocycles. The maximum Gasteiger partial charge on any atom is -0.172 e. The quantitative estimate of drug-likeness (QED) is 0.163. The minimum atomic E-state index is 0.0554. The van der Waals surface area contributed by atoms with E-state index >= 15 is 0 Å². The van der Waals surface area contributed by atoms with Crippen LogP contribution < -0.4 is 0 Å². The zero-order valence-corrected chi connectivity index (χ0v) is 29.8. The molecule has 0 nitrogen and oxygen atoms in total. The normalized spacial score (nSPS) is 13.4. The molecule has 0 saturated heterocycles. The van der Waals surface area contributed by atoms with Gasteiger partial charge in [-0.3, -0.25) is 0 Å². The van der Waals surface area contributed by atoms with Crippen LogP contribution in [0.25, 0.3) is 43.8 Å². The van der Waals surface area contributed by atoms with Crippen LogP contribution in [-0.2, 0) is 35.1 Å². The summed E-state index contributed by atoms with van der Waals surface area (Å²) >= 11 is 1.68. The molecule has 1 aliphatic carbocycles. The molecule has 7 rings (SSSR count). The third-order valence-electron chi connectivity index (χ3n) is 8.53. The molecule has 1 saturated carbocycles. The molecule has 0 radical (unpaired) electrons. The molecule has 222 valence electrons. The molecule has 0 heterocycles. The Hall–Kier alpha value is -3.15. The molecule has 44 heavy (non-hydrogen) atoms. The monoisotopic (exact) mass is 652 g/mol. The van der Waals surface area contributed by atoms with E-state index in [1.807, 2.05) is 30.3 Å². The van der Waals surface area contributed by atoms with Gasteiger partial charge < -0.3 is 0 Å². The Labute approximate surface area is 280 Å². The van der Waals surface area contributed by atoms with E-state index in [9.17, 15) is 0 Å². The molecule has 1 aliphatic rings. The second kappa shape index (κ2) is 13.9. The van der Waals surface area contributed by atoms with Gasteiger partial charge in [0.05, 0.1) is 0 Å². The van der Waals surface area contributed by atoms with Crippen LogP contribution in [0.15, 0.2) is 121 Å². The smallest absolute Gasteiger partial charge is 0.172 e. The van der Waals surface area contributed by atoms with E-state index in [4.69, 9.17) is 0 Å². The van der Waals surface area contributed by atoms with Gasteiger partial charge in [-0.2, -0.15) is 18.2 Å². The van der Waals surface area contributed by atoms with Crippen LogP contribution in [0, 0.1) is 0 Å². The third-order valence-corrected chi connectivity index (χ3v) is 9.76. The van der Waals surface area contributed by atoms with E-state index < -0.39 is 0 Å².